The molecule has 0 saturated heterocycles. The molecule has 4 rings (SSSR count). The van der Waals surface area contributed by atoms with Crippen LogP contribution < -0.4 is 14.8 Å². The summed E-state index contributed by atoms with van der Waals surface area (Å²) in [5.41, 5.74) is 4.53. The molecule has 6 heteroatoms. The minimum Gasteiger partial charge on any atom is -0.496 e. The maximum atomic E-state index is 13.0. The molecule has 0 aliphatic rings. The van der Waals surface area contributed by atoms with Gasteiger partial charge < -0.3 is 19.2 Å². The van der Waals surface area contributed by atoms with E-state index in [1.807, 2.05) is 30.3 Å². The number of methoxy groups -OCH3 is 2. The van der Waals surface area contributed by atoms with Crippen LogP contribution in [0.25, 0.3) is 22.6 Å². The Hall–Kier alpha value is -3.80. The number of amides is 1. The number of aromatic nitrogens is 1. The minimum atomic E-state index is -0.327. The minimum absolute atomic E-state index is 0.327. The molecule has 3 aromatic carbocycles. The third-order valence-electron chi connectivity index (χ3n) is 5.62. The second kappa shape index (κ2) is 9.14. The van der Waals surface area contributed by atoms with Gasteiger partial charge in [-0.25, -0.2) is 4.98 Å². The van der Waals surface area contributed by atoms with Gasteiger partial charge in [0, 0.05) is 11.3 Å². The van der Waals surface area contributed by atoms with Gasteiger partial charge in [-0.15, -0.1) is 0 Å². The zero-order valence-electron chi connectivity index (χ0n) is 18.6. The van der Waals surface area contributed by atoms with Crippen LogP contribution in [-0.2, 0) is 0 Å². The molecular formula is C26H26N2O4. The second-order valence-corrected chi connectivity index (χ2v) is 7.63. The first-order valence-electron chi connectivity index (χ1n) is 10.6. The van der Waals surface area contributed by atoms with Gasteiger partial charge in [0.05, 0.1) is 14.2 Å². The number of anilines is 1. The van der Waals surface area contributed by atoms with E-state index in [1.165, 1.54) is 19.8 Å². The lowest BCUT2D eigenvalue weighted by Gasteiger charge is -2.13. The van der Waals surface area contributed by atoms with E-state index in [4.69, 9.17) is 13.9 Å². The van der Waals surface area contributed by atoms with Gasteiger partial charge >= 0.3 is 0 Å². The summed E-state index contributed by atoms with van der Waals surface area (Å²) in [6.45, 7) is 4.37. The van der Waals surface area contributed by atoms with Gasteiger partial charge in [-0.2, -0.15) is 0 Å². The molecule has 6 nitrogen and oxygen atoms in total. The molecule has 0 fully saturated rings. The molecule has 1 amide bonds. The van der Waals surface area contributed by atoms with Crippen LogP contribution in [0.15, 0.2) is 65.1 Å². The Balaban J connectivity index is 1.63. The molecule has 0 radical (unpaired) electrons. The second-order valence-electron chi connectivity index (χ2n) is 7.63. The quantitative estimate of drug-likeness (QED) is 0.374. The van der Waals surface area contributed by atoms with E-state index in [9.17, 15) is 4.79 Å². The zero-order valence-corrected chi connectivity index (χ0v) is 18.6. The fourth-order valence-corrected chi connectivity index (χ4v) is 3.61. The van der Waals surface area contributed by atoms with Crippen LogP contribution in [-0.4, -0.2) is 25.1 Å². The summed E-state index contributed by atoms with van der Waals surface area (Å²) in [5, 5.41) is 2.91. The van der Waals surface area contributed by atoms with Crippen LogP contribution >= 0.6 is 0 Å². The third-order valence-corrected chi connectivity index (χ3v) is 5.62. The van der Waals surface area contributed by atoms with Crippen molar-refractivity contribution in [2.75, 3.05) is 19.5 Å². The SMILES string of the molecule is CC[C@H](C)c1ccc2oc(-c3cccc(NC(=O)c4c(OC)cccc4OC)c3)nc2c1. The Morgan fingerprint density at radius 3 is 2.44 bits per heavy atom. The fourth-order valence-electron chi connectivity index (χ4n) is 3.61. The summed E-state index contributed by atoms with van der Waals surface area (Å²) in [7, 11) is 3.04. The van der Waals surface area contributed by atoms with Crippen molar-refractivity contribution in [1.82, 2.24) is 4.98 Å². The van der Waals surface area contributed by atoms with E-state index < -0.39 is 0 Å². The predicted octanol–water partition coefficient (Wildman–Crippen LogP) is 6.28. The highest BCUT2D eigenvalue weighted by Gasteiger charge is 2.19. The molecule has 0 spiro atoms. The topological polar surface area (TPSA) is 73.6 Å². The van der Waals surface area contributed by atoms with E-state index in [0.717, 1.165) is 23.1 Å². The van der Waals surface area contributed by atoms with Crippen LogP contribution in [0.3, 0.4) is 0 Å². The molecule has 1 atom stereocenters. The Morgan fingerprint density at radius 2 is 1.75 bits per heavy atom. The van der Waals surface area contributed by atoms with Crippen molar-refractivity contribution < 1.29 is 18.7 Å². The lowest BCUT2D eigenvalue weighted by Crippen LogP contribution is -2.14. The van der Waals surface area contributed by atoms with Gasteiger partial charge in [-0.3, -0.25) is 4.79 Å². The Morgan fingerprint density at radius 1 is 1.03 bits per heavy atom. The van der Waals surface area contributed by atoms with Crippen molar-refractivity contribution in [3.63, 3.8) is 0 Å². The van der Waals surface area contributed by atoms with Crippen LogP contribution in [0.1, 0.15) is 42.1 Å². The molecule has 1 heterocycles. The van der Waals surface area contributed by atoms with E-state index in [0.29, 0.717) is 34.6 Å². The number of ether oxygens (including phenoxy) is 2. The molecule has 0 saturated carbocycles. The van der Waals surface area contributed by atoms with Crippen LogP contribution in [0.4, 0.5) is 5.69 Å². The largest absolute Gasteiger partial charge is 0.496 e. The summed E-state index contributed by atoms with van der Waals surface area (Å²) in [4.78, 5) is 17.7. The molecule has 1 N–H and O–H groups in total. The monoisotopic (exact) mass is 430 g/mol. The van der Waals surface area contributed by atoms with Gasteiger partial charge in [-0.1, -0.05) is 32.0 Å². The lowest BCUT2D eigenvalue weighted by atomic mass is 9.98. The highest BCUT2D eigenvalue weighted by Crippen LogP contribution is 2.31. The standard InChI is InChI=1S/C26H26N2O4/c1-5-16(2)17-12-13-21-20(15-17)28-26(32-21)18-8-6-9-19(14-18)27-25(29)24-22(30-3)10-7-11-23(24)31-4/h6-16H,5H2,1-4H3,(H,27,29)/t16-/m0/s1. The average Bonchev–Trinajstić information content (AvgIpc) is 3.26. The molecular weight excluding hydrogens is 404 g/mol. The zero-order chi connectivity index (χ0) is 22.7. The van der Waals surface area contributed by atoms with E-state index in [2.05, 4.69) is 36.3 Å². The lowest BCUT2D eigenvalue weighted by molar-refractivity contribution is 0.102. The number of nitrogens with zero attached hydrogens (tertiary/aromatic N) is 1. The number of carbonyl (C=O) groups is 1. The number of hydrogen-bond acceptors (Lipinski definition) is 5. The Kier molecular flexibility index (Phi) is 6.12. The summed E-state index contributed by atoms with van der Waals surface area (Å²) in [6.07, 6.45) is 1.06. The van der Waals surface area contributed by atoms with Crippen molar-refractivity contribution in [3.05, 3.63) is 71.8 Å². The van der Waals surface area contributed by atoms with E-state index in [1.54, 1.807) is 18.2 Å². The third kappa shape index (κ3) is 4.17. The number of hydrogen-bond donors (Lipinski definition) is 1. The molecule has 32 heavy (non-hydrogen) atoms. The number of nitrogens with one attached hydrogen (secondary N) is 1. The highest BCUT2D eigenvalue weighted by atomic mass is 16.5. The van der Waals surface area contributed by atoms with Crippen LogP contribution in [0, 0.1) is 0 Å². The molecule has 1 aromatic heterocycles. The van der Waals surface area contributed by atoms with E-state index >= 15 is 0 Å². The summed E-state index contributed by atoms with van der Waals surface area (Å²) < 4.78 is 16.7. The van der Waals surface area contributed by atoms with Crippen LogP contribution in [0.2, 0.25) is 0 Å². The van der Waals surface area contributed by atoms with Gasteiger partial charge in [0.1, 0.15) is 22.6 Å². The first-order chi connectivity index (χ1) is 15.5. The van der Waals surface area contributed by atoms with Crippen LogP contribution in [0.5, 0.6) is 11.5 Å². The maximum absolute atomic E-state index is 13.0. The molecule has 0 unspecified atom stereocenters. The van der Waals surface area contributed by atoms with Crippen molar-refractivity contribution in [1.29, 1.82) is 0 Å². The van der Waals surface area contributed by atoms with E-state index in [-0.39, 0.29) is 5.91 Å². The van der Waals surface area contributed by atoms with Crippen molar-refractivity contribution in [2.24, 2.45) is 0 Å². The first-order valence-corrected chi connectivity index (χ1v) is 10.6. The maximum Gasteiger partial charge on any atom is 0.263 e. The number of fused-ring (bicyclic) bond motifs is 1. The summed E-state index contributed by atoms with van der Waals surface area (Å²) >= 11 is 0. The normalized spacial score (nSPS) is 11.9. The van der Waals surface area contributed by atoms with Gasteiger partial charge in [0.2, 0.25) is 5.89 Å². The predicted molar refractivity (Wildman–Crippen MR) is 126 cm³/mol. The molecule has 0 bridgehead atoms. The van der Waals surface area contributed by atoms with Crippen molar-refractivity contribution in [3.8, 4) is 23.0 Å². The van der Waals surface area contributed by atoms with Crippen molar-refractivity contribution >= 4 is 22.7 Å². The smallest absolute Gasteiger partial charge is 0.263 e. The van der Waals surface area contributed by atoms with Crippen molar-refractivity contribution in [2.45, 2.75) is 26.2 Å². The molecule has 0 aliphatic heterocycles. The highest BCUT2D eigenvalue weighted by molar-refractivity contribution is 6.08. The summed E-state index contributed by atoms with van der Waals surface area (Å²) in [5.74, 6) is 1.52. The summed E-state index contributed by atoms with van der Waals surface area (Å²) in [6, 6.07) is 18.7. The molecule has 164 valence electrons. The number of carbonyl (C=O) groups excluding carboxylic acids is 1. The average molecular weight is 431 g/mol. The van der Waals surface area contributed by atoms with Gasteiger partial charge in [0.25, 0.3) is 5.91 Å². The fraction of sp³-hybridized carbons (Fsp3) is 0.231. The Bertz CT molecular complexity index is 1240. The van der Waals surface area contributed by atoms with Gasteiger partial charge in [0.15, 0.2) is 5.58 Å². The van der Waals surface area contributed by atoms with Gasteiger partial charge in [-0.05, 0) is 60.4 Å². The molecule has 4 aromatic rings. The Labute approximate surface area is 187 Å². The first kappa shape index (κ1) is 21.4. The number of oxazole rings is 1. The number of rotatable bonds is 7. The number of benzene rings is 3. The molecule has 0 aliphatic carbocycles.